The fourth-order valence-electron chi connectivity index (χ4n) is 2.28. The Hall–Kier alpha value is -0.300. The molecule has 1 rings (SSSR count). The summed E-state index contributed by atoms with van der Waals surface area (Å²) in [5.74, 6) is 1.01. The number of quaternary nitrogens is 1. The summed E-state index contributed by atoms with van der Waals surface area (Å²) in [5, 5.41) is 0. The summed E-state index contributed by atoms with van der Waals surface area (Å²) in [6.45, 7) is 10.2. The Kier molecular flexibility index (Phi) is 3.98. The van der Waals surface area contributed by atoms with E-state index in [0.717, 1.165) is 5.92 Å². The zero-order chi connectivity index (χ0) is 9.73. The van der Waals surface area contributed by atoms with Crippen LogP contribution in [0.1, 0.15) is 32.6 Å². The smallest absolute Gasteiger partial charge is 0.0819 e. The van der Waals surface area contributed by atoms with Crippen LogP contribution in [-0.2, 0) is 0 Å². The summed E-state index contributed by atoms with van der Waals surface area (Å²) in [5.41, 5.74) is 0. The van der Waals surface area contributed by atoms with Gasteiger partial charge in [0.1, 0.15) is 0 Å². The summed E-state index contributed by atoms with van der Waals surface area (Å²) in [7, 11) is 2.40. The maximum absolute atomic E-state index is 3.80. The van der Waals surface area contributed by atoms with Gasteiger partial charge in [-0.3, -0.25) is 0 Å². The van der Waals surface area contributed by atoms with Crippen LogP contribution in [0.15, 0.2) is 12.7 Å². The van der Waals surface area contributed by atoms with E-state index in [1.165, 1.54) is 49.8 Å². The Balaban J connectivity index is 2.32. The molecule has 0 bridgehead atoms. The van der Waals surface area contributed by atoms with Crippen LogP contribution in [0.2, 0.25) is 0 Å². The highest BCUT2D eigenvalue weighted by molar-refractivity contribution is 4.68. The fraction of sp³-hybridized carbons (Fsp3) is 0.833. The van der Waals surface area contributed by atoms with Gasteiger partial charge >= 0.3 is 0 Å². The average Bonchev–Trinajstić information content (AvgIpc) is 2.16. The van der Waals surface area contributed by atoms with E-state index in [9.17, 15) is 0 Å². The second kappa shape index (κ2) is 4.80. The molecule has 1 heterocycles. The molecule has 0 aromatic carbocycles. The third-order valence-corrected chi connectivity index (χ3v) is 3.60. The summed E-state index contributed by atoms with van der Waals surface area (Å²) in [6.07, 6.45) is 7.47. The molecule has 0 aromatic rings. The minimum absolute atomic E-state index is 1.01. The molecule has 1 aliphatic heterocycles. The third-order valence-electron chi connectivity index (χ3n) is 3.60. The second-order valence-corrected chi connectivity index (χ2v) is 4.72. The van der Waals surface area contributed by atoms with Crippen LogP contribution in [-0.4, -0.2) is 31.2 Å². The number of hydrogen-bond acceptors (Lipinski definition) is 0. The third kappa shape index (κ3) is 3.15. The normalized spacial score (nSPS) is 34.5. The molecule has 1 nitrogen and oxygen atoms in total. The highest BCUT2D eigenvalue weighted by Crippen LogP contribution is 2.24. The molecule has 76 valence electrons. The summed E-state index contributed by atoms with van der Waals surface area (Å²) < 4.78 is 1.28. The molecule has 0 spiro atoms. The molecular formula is C12H24N+. The molecule has 0 saturated carbocycles. The van der Waals surface area contributed by atoms with Gasteiger partial charge in [-0.05, 0) is 18.8 Å². The van der Waals surface area contributed by atoms with E-state index in [4.69, 9.17) is 0 Å². The lowest BCUT2D eigenvalue weighted by atomic mass is 9.93. The van der Waals surface area contributed by atoms with Crippen molar-refractivity contribution in [2.24, 2.45) is 5.92 Å². The Labute approximate surface area is 83.0 Å². The number of nitrogens with zero attached hydrogens (tertiary/aromatic N) is 1. The van der Waals surface area contributed by atoms with Gasteiger partial charge in [0, 0.05) is 6.42 Å². The van der Waals surface area contributed by atoms with Crippen molar-refractivity contribution in [3.63, 3.8) is 0 Å². The van der Waals surface area contributed by atoms with Gasteiger partial charge in [-0.2, -0.15) is 0 Å². The van der Waals surface area contributed by atoms with Crippen molar-refractivity contribution >= 4 is 0 Å². The predicted molar refractivity (Wildman–Crippen MR) is 58.6 cm³/mol. The van der Waals surface area contributed by atoms with Crippen molar-refractivity contribution < 1.29 is 4.48 Å². The van der Waals surface area contributed by atoms with E-state index < -0.39 is 0 Å². The van der Waals surface area contributed by atoms with Crippen LogP contribution < -0.4 is 0 Å². The van der Waals surface area contributed by atoms with Crippen LogP contribution in [0.5, 0.6) is 0 Å². The molecule has 0 atom stereocenters. The number of hydrogen-bond donors (Lipinski definition) is 0. The summed E-state index contributed by atoms with van der Waals surface area (Å²) in [4.78, 5) is 0. The molecule has 0 amide bonds. The van der Waals surface area contributed by atoms with Crippen LogP contribution >= 0.6 is 0 Å². The quantitative estimate of drug-likeness (QED) is 0.463. The molecule has 0 aliphatic carbocycles. The Morgan fingerprint density at radius 3 is 2.46 bits per heavy atom. The SMILES string of the molecule is C=CCC[N+]1(C)CCC(CC)CC1. The maximum atomic E-state index is 3.80. The van der Waals surface area contributed by atoms with Gasteiger partial charge < -0.3 is 4.48 Å². The molecule has 13 heavy (non-hydrogen) atoms. The van der Waals surface area contributed by atoms with Crippen LogP contribution in [0, 0.1) is 5.92 Å². The topological polar surface area (TPSA) is 0 Å². The number of piperidine rings is 1. The molecule has 0 N–H and O–H groups in total. The fourth-order valence-corrected chi connectivity index (χ4v) is 2.28. The van der Waals surface area contributed by atoms with Crippen molar-refractivity contribution in [1.82, 2.24) is 0 Å². The first-order valence-corrected chi connectivity index (χ1v) is 5.64. The van der Waals surface area contributed by atoms with E-state index in [0.29, 0.717) is 0 Å². The van der Waals surface area contributed by atoms with E-state index >= 15 is 0 Å². The maximum Gasteiger partial charge on any atom is 0.0819 e. The van der Waals surface area contributed by atoms with Crippen molar-refractivity contribution in [2.45, 2.75) is 32.6 Å². The van der Waals surface area contributed by atoms with Crippen LogP contribution in [0.4, 0.5) is 0 Å². The number of likely N-dealkylation sites (tertiary alicyclic amines) is 1. The second-order valence-electron chi connectivity index (χ2n) is 4.72. The zero-order valence-electron chi connectivity index (χ0n) is 9.26. The van der Waals surface area contributed by atoms with Gasteiger partial charge in [0.05, 0.1) is 26.7 Å². The minimum Gasteiger partial charge on any atom is -0.326 e. The molecule has 1 saturated heterocycles. The van der Waals surface area contributed by atoms with Gasteiger partial charge in [0.2, 0.25) is 0 Å². The first-order chi connectivity index (χ1) is 6.20. The molecule has 0 unspecified atom stereocenters. The first-order valence-electron chi connectivity index (χ1n) is 5.64. The van der Waals surface area contributed by atoms with E-state index in [1.807, 2.05) is 0 Å². The van der Waals surface area contributed by atoms with Crippen molar-refractivity contribution in [3.05, 3.63) is 12.7 Å². The van der Waals surface area contributed by atoms with Gasteiger partial charge in [-0.1, -0.05) is 19.4 Å². The van der Waals surface area contributed by atoms with Crippen molar-refractivity contribution in [2.75, 3.05) is 26.7 Å². The van der Waals surface area contributed by atoms with Crippen molar-refractivity contribution in [3.8, 4) is 0 Å². The van der Waals surface area contributed by atoms with Crippen LogP contribution in [0.3, 0.4) is 0 Å². The van der Waals surface area contributed by atoms with Gasteiger partial charge in [-0.15, -0.1) is 6.58 Å². The predicted octanol–water partition coefficient (Wildman–Crippen LogP) is 2.83. The van der Waals surface area contributed by atoms with Crippen molar-refractivity contribution in [1.29, 1.82) is 0 Å². The Morgan fingerprint density at radius 1 is 1.38 bits per heavy atom. The van der Waals surface area contributed by atoms with Gasteiger partial charge in [0.15, 0.2) is 0 Å². The largest absolute Gasteiger partial charge is 0.326 e. The standard InChI is InChI=1S/C12H24N/c1-4-6-9-13(3)10-7-12(5-2)8-11-13/h4,12H,1,5-11H2,2-3H3/q+1. The number of rotatable bonds is 4. The minimum atomic E-state index is 1.01. The van der Waals surface area contributed by atoms with Gasteiger partial charge in [-0.25, -0.2) is 0 Å². The average molecular weight is 182 g/mol. The van der Waals surface area contributed by atoms with Crippen LogP contribution in [0.25, 0.3) is 0 Å². The Morgan fingerprint density at radius 2 is 2.00 bits per heavy atom. The van der Waals surface area contributed by atoms with Gasteiger partial charge in [0.25, 0.3) is 0 Å². The van der Waals surface area contributed by atoms with E-state index in [2.05, 4.69) is 26.6 Å². The summed E-state index contributed by atoms with van der Waals surface area (Å²) in [6, 6.07) is 0. The lowest BCUT2D eigenvalue weighted by molar-refractivity contribution is -0.914. The molecule has 1 aliphatic rings. The zero-order valence-corrected chi connectivity index (χ0v) is 9.26. The highest BCUT2D eigenvalue weighted by Gasteiger charge is 2.28. The van der Waals surface area contributed by atoms with E-state index in [-0.39, 0.29) is 0 Å². The molecule has 1 fully saturated rings. The highest BCUT2D eigenvalue weighted by atomic mass is 15.3. The molecular weight excluding hydrogens is 158 g/mol. The monoisotopic (exact) mass is 182 g/mol. The summed E-state index contributed by atoms with van der Waals surface area (Å²) >= 11 is 0. The lowest BCUT2D eigenvalue weighted by Crippen LogP contribution is -2.50. The molecule has 0 radical (unpaired) electrons. The molecule has 0 aromatic heterocycles. The Bertz CT molecular complexity index is 155. The first kappa shape index (κ1) is 10.8. The lowest BCUT2D eigenvalue weighted by Gasteiger charge is -2.40. The van der Waals surface area contributed by atoms with E-state index in [1.54, 1.807) is 0 Å². The molecule has 1 heteroatoms.